The van der Waals surface area contributed by atoms with Crippen LogP contribution in [0.4, 0.5) is 5.82 Å². The summed E-state index contributed by atoms with van der Waals surface area (Å²) >= 11 is 5.88. The molecule has 0 unspecified atom stereocenters. The Morgan fingerprint density at radius 1 is 1.44 bits per heavy atom. The maximum atomic E-state index is 5.88. The molecule has 2 aromatic rings. The van der Waals surface area contributed by atoms with E-state index in [9.17, 15) is 0 Å². The van der Waals surface area contributed by atoms with Gasteiger partial charge in [0.15, 0.2) is 11.5 Å². The van der Waals surface area contributed by atoms with Crippen molar-refractivity contribution in [2.24, 2.45) is 0 Å². The first kappa shape index (κ1) is 13.0. The number of aromatic nitrogens is 4. The topological polar surface area (TPSA) is 64.9 Å². The Morgan fingerprint density at radius 2 is 2.28 bits per heavy atom. The molecule has 0 saturated heterocycles. The van der Waals surface area contributed by atoms with E-state index >= 15 is 0 Å². The van der Waals surface area contributed by atoms with E-state index in [0.717, 1.165) is 18.5 Å². The standard InChI is InChI=1S/C11H16ClN5O/c1-3-5-17-7-14-10-8(17)9(13-4-6-18-2)15-11(12)16-10/h7H,3-6H2,1-2H3,(H,13,15,16). The molecular formula is C11H16ClN5O. The summed E-state index contributed by atoms with van der Waals surface area (Å²) in [6, 6.07) is 0. The minimum Gasteiger partial charge on any atom is -0.383 e. The first-order valence-electron chi connectivity index (χ1n) is 5.87. The van der Waals surface area contributed by atoms with Crippen LogP contribution in [-0.4, -0.2) is 39.8 Å². The number of fused-ring (bicyclic) bond motifs is 1. The van der Waals surface area contributed by atoms with Gasteiger partial charge in [-0.05, 0) is 18.0 Å². The molecule has 2 heterocycles. The fraction of sp³-hybridized carbons (Fsp3) is 0.545. The number of nitrogens with one attached hydrogen (secondary N) is 1. The van der Waals surface area contributed by atoms with Crippen LogP contribution in [0.5, 0.6) is 0 Å². The second-order valence-corrected chi connectivity index (χ2v) is 4.21. The number of methoxy groups -OCH3 is 1. The van der Waals surface area contributed by atoms with Crippen LogP contribution in [0.25, 0.3) is 11.2 Å². The molecule has 0 aliphatic rings. The van der Waals surface area contributed by atoms with Crippen molar-refractivity contribution in [3.8, 4) is 0 Å². The van der Waals surface area contributed by atoms with Gasteiger partial charge in [-0.2, -0.15) is 9.97 Å². The van der Waals surface area contributed by atoms with Gasteiger partial charge < -0.3 is 14.6 Å². The average molecular weight is 270 g/mol. The average Bonchev–Trinajstić information content (AvgIpc) is 2.73. The highest BCUT2D eigenvalue weighted by Crippen LogP contribution is 2.21. The zero-order valence-corrected chi connectivity index (χ0v) is 11.2. The highest BCUT2D eigenvalue weighted by atomic mass is 35.5. The zero-order chi connectivity index (χ0) is 13.0. The second kappa shape index (κ2) is 5.97. The molecule has 0 aliphatic heterocycles. The number of anilines is 1. The van der Waals surface area contributed by atoms with Gasteiger partial charge in [0.1, 0.15) is 5.52 Å². The Bertz CT molecular complexity index is 527. The first-order valence-corrected chi connectivity index (χ1v) is 6.25. The van der Waals surface area contributed by atoms with Crippen molar-refractivity contribution in [3.05, 3.63) is 11.6 Å². The number of hydrogen-bond acceptors (Lipinski definition) is 5. The number of hydrogen-bond donors (Lipinski definition) is 1. The normalized spacial score (nSPS) is 11.1. The molecule has 0 aromatic carbocycles. The van der Waals surface area contributed by atoms with Crippen LogP contribution >= 0.6 is 11.6 Å². The number of aryl methyl sites for hydroxylation is 1. The monoisotopic (exact) mass is 269 g/mol. The third kappa shape index (κ3) is 2.70. The van der Waals surface area contributed by atoms with Gasteiger partial charge >= 0.3 is 0 Å². The van der Waals surface area contributed by atoms with Gasteiger partial charge in [-0.15, -0.1) is 0 Å². The molecule has 18 heavy (non-hydrogen) atoms. The summed E-state index contributed by atoms with van der Waals surface area (Å²) in [7, 11) is 1.66. The highest BCUT2D eigenvalue weighted by Gasteiger charge is 2.12. The molecule has 0 radical (unpaired) electrons. The Hall–Kier alpha value is -1.40. The number of halogens is 1. The van der Waals surface area contributed by atoms with Crippen LogP contribution in [0, 0.1) is 0 Å². The van der Waals surface area contributed by atoms with E-state index in [1.807, 2.05) is 4.57 Å². The number of rotatable bonds is 6. The molecule has 0 spiro atoms. The summed E-state index contributed by atoms with van der Waals surface area (Å²) in [5.74, 6) is 0.702. The van der Waals surface area contributed by atoms with Gasteiger partial charge in [-0.3, -0.25) is 0 Å². The lowest BCUT2D eigenvalue weighted by molar-refractivity contribution is 0.210. The van der Waals surface area contributed by atoms with Crippen molar-refractivity contribution >= 4 is 28.6 Å². The maximum Gasteiger partial charge on any atom is 0.226 e. The van der Waals surface area contributed by atoms with E-state index in [4.69, 9.17) is 16.3 Å². The van der Waals surface area contributed by atoms with E-state index in [0.29, 0.717) is 24.6 Å². The summed E-state index contributed by atoms with van der Waals surface area (Å²) in [5, 5.41) is 3.39. The van der Waals surface area contributed by atoms with Crippen LogP contribution in [0.15, 0.2) is 6.33 Å². The Balaban J connectivity index is 2.37. The molecule has 0 saturated carbocycles. The number of nitrogens with zero attached hydrogens (tertiary/aromatic N) is 4. The Labute approximate surface area is 110 Å². The van der Waals surface area contributed by atoms with Crippen LogP contribution < -0.4 is 5.32 Å². The minimum absolute atomic E-state index is 0.198. The van der Waals surface area contributed by atoms with Crippen molar-refractivity contribution in [2.75, 3.05) is 25.6 Å². The van der Waals surface area contributed by atoms with E-state index in [1.54, 1.807) is 13.4 Å². The molecule has 0 amide bonds. The molecule has 6 nitrogen and oxygen atoms in total. The third-order valence-electron chi connectivity index (χ3n) is 2.51. The van der Waals surface area contributed by atoms with E-state index in [2.05, 4.69) is 27.2 Å². The molecule has 7 heteroatoms. The van der Waals surface area contributed by atoms with Gasteiger partial charge in [0.25, 0.3) is 0 Å². The summed E-state index contributed by atoms with van der Waals surface area (Å²) in [6.45, 7) is 4.25. The summed E-state index contributed by atoms with van der Waals surface area (Å²) in [6.07, 6.45) is 2.78. The first-order chi connectivity index (χ1) is 8.76. The predicted octanol–water partition coefficient (Wildman–Crippen LogP) is 1.95. The molecule has 0 fully saturated rings. The van der Waals surface area contributed by atoms with Gasteiger partial charge in [0.2, 0.25) is 5.28 Å². The SMILES string of the molecule is CCCn1cnc2nc(Cl)nc(NCCOC)c21. The molecule has 1 N–H and O–H groups in total. The predicted molar refractivity (Wildman–Crippen MR) is 71.0 cm³/mol. The van der Waals surface area contributed by atoms with Gasteiger partial charge in [0, 0.05) is 20.2 Å². The lowest BCUT2D eigenvalue weighted by Gasteiger charge is -2.09. The lowest BCUT2D eigenvalue weighted by Crippen LogP contribution is -2.11. The van der Waals surface area contributed by atoms with Crippen molar-refractivity contribution in [1.29, 1.82) is 0 Å². The minimum atomic E-state index is 0.198. The summed E-state index contributed by atoms with van der Waals surface area (Å²) < 4.78 is 7.03. The number of imidazole rings is 1. The molecular weight excluding hydrogens is 254 g/mol. The fourth-order valence-electron chi connectivity index (χ4n) is 1.76. The van der Waals surface area contributed by atoms with E-state index in [1.165, 1.54) is 0 Å². The lowest BCUT2D eigenvalue weighted by atomic mass is 10.4. The van der Waals surface area contributed by atoms with Crippen molar-refractivity contribution in [3.63, 3.8) is 0 Å². The second-order valence-electron chi connectivity index (χ2n) is 3.87. The van der Waals surface area contributed by atoms with Gasteiger partial charge in [-0.25, -0.2) is 4.98 Å². The Kier molecular flexibility index (Phi) is 4.33. The smallest absolute Gasteiger partial charge is 0.226 e. The van der Waals surface area contributed by atoms with Crippen LogP contribution in [0.3, 0.4) is 0 Å². The maximum absolute atomic E-state index is 5.88. The highest BCUT2D eigenvalue weighted by molar-refractivity contribution is 6.28. The molecule has 0 atom stereocenters. The van der Waals surface area contributed by atoms with Gasteiger partial charge in [-0.1, -0.05) is 6.92 Å². The molecule has 0 aliphatic carbocycles. The van der Waals surface area contributed by atoms with Crippen molar-refractivity contribution in [1.82, 2.24) is 19.5 Å². The fourth-order valence-corrected chi connectivity index (χ4v) is 1.92. The van der Waals surface area contributed by atoms with Crippen LogP contribution in [0.1, 0.15) is 13.3 Å². The number of ether oxygens (including phenoxy) is 1. The van der Waals surface area contributed by atoms with Crippen LogP contribution in [0.2, 0.25) is 5.28 Å². The van der Waals surface area contributed by atoms with Crippen molar-refractivity contribution < 1.29 is 4.74 Å². The largest absolute Gasteiger partial charge is 0.383 e. The van der Waals surface area contributed by atoms with Crippen molar-refractivity contribution in [2.45, 2.75) is 19.9 Å². The summed E-state index contributed by atoms with van der Waals surface area (Å²) in [5.41, 5.74) is 1.50. The quantitative estimate of drug-likeness (QED) is 0.641. The molecule has 2 aromatic heterocycles. The molecule has 0 bridgehead atoms. The Morgan fingerprint density at radius 3 is 3.00 bits per heavy atom. The molecule has 2 rings (SSSR count). The van der Waals surface area contributed by atoms with Gasteiger partial charge in [0.05, 0.1) is 12.9 Å². The third-order valence-corrected chi connectivity index (χ3v) is 2.68. The molecule has 98 valence electrons. The zero-order valence-electron chi connectivity index (χ0n) is 10.5. The van der Waals surface area contributed by atoms with E-state index < -0.39 is 0 Å². The van der Waals surface area contributed by atoms with E-state index in [-0.39, 0.29) is 5.28 Å². The summed E-state index contributed by atoms with van der Waals surface area (Å²) in [4.78, 5) is 12.6. The van der Waals surface area contributed by atoms with Crippen LogP contribution in [-0.2, 0) is 11.3 Å².